The molecular weight excluding hydrogens is 259 g/mol. The van der Waals surface area contributed by atoms with E-state index in [9.17, 15) is 17.6 Å². The summed E-state index contributed by atoms with van der Waals surface area (Å²) in [6.07, 6.45) is 2.01. The molecule has 1 aromatic rings. The summed E-state index contributed by atoms with van der Waals surface area (Å²) in [5, 5.41) is 2.63. The number of aromatic nitrogens is 1. The molecule has 1 fully saturated rings. The van der Waals surface area contributed by atoms with Crippen molar-refractivity contribution in [1.29, 1.82) is 0 Å². The quantitative estimate of drug-likeness (QED) is 0.797. The van der Waals surface area contributed by atoms with Crippen molar-refractivity contribution < 1.29 is 17.6 Å². The first-order chi connectivity index (χ1) is 8.48. The Hall–Kier alpha value is -1.50. The highest BCUT2D eigenvalue weighted by Gasteiger charge is 2.25. The van der Waals surface area contributed by atoms with Crippen LogP contribution in [0.25, 0.3) is 0 Å². The first-order valence-corrected chi connectivity index (χ1v) is 7.42. The zero-order chi connectivity index (χ0) is 13.2. The fourth-order valence-corrected chi connectivity index (χ4v) is 3.34. The Labute approximate surface area is 104 Å². The standard InChI is InChI=1S/C11H13FN2O3S/c12-10-9(2-1-5-13-10)11(15)14-8-3-6-18(16,17)7-4-8/h1-2,5,8H,3-4,6-7H2,(H,14,15). The molecule has 98 valence electrons. The van der Waals surface area contributed by atoms with E-state index in [1.807, 2.05) is 0 Å². The minimum Gasteiger partial charge on any atom is -0.349 e. The molecule has 0 atom stereocenters. The lowest BCUT2D eigenvalue weighted by molar-refractivity contribution is 0.0929. The van der Waals surface area contributed by atoms with Crippen molar-refractivity contribution in [1.82, 2.24) is 10.3 Å². The molecule has 1 aliphatic heterocycles. The fourth-order valence-electron chi connectivity index (χ4n) is 1.85. The zero-order valence-electron chi connectivity index (χ0n) is 9.60. The van der Waals surface area contributed by atoms with Crippen molar-refractivity contribution in [3.05, 3.63) is 29.8 Å². The van der Waals surface area contributed by atoms with Crippen molar-refractivity contribution in [3.63, 3.8) is 0 Å². The number of hydrogen-bond donors (Lipinski definition) is 1. The second-order valence-electron chi connectivity index (χ2n) is 4.24. The second-order valence-corrected chi connectivity index (χ2v) is 6.54. The predicted molar refractivity (Wildman–Crippen MR) is 63.3 cm³/mol. The van der Waals surface area contributed by atoms with E-state index in [1.165, 1.54) is 18.3 Å². The molecule has 1 aromatic heterocycles. The summed E-state index contributed by atoms with van der Waals surface area (Å²) in [7, 11) is -2.96. The van der Waals surface area contributed by atoms with Crippen LogP contribution >= 0.6 is 0 Å². The lowest BCUT2D eigenvalue weighted by Gasteiger charge is -2.22. The Balaban J connectivity index is 1.99. The maximum Gasteiger partial charge on any atom is 0.256 e. The molecule has 18 heavy (non-hydrogen) atoms. The molecule has 0 bridgehead atoms. The number of nitrogens with one attached hydrogen (secondary N) is 1. The van der Waals surface area contributed by atoms with Crippen molar-refractivity contribution in [3.8, 4) is 0 Å². The average Bonchev–Trinajstić information content (AvgIpc) is 2.32. The number of sulfone groups is 1. The first-order valence-electron chi connectivity index (χ1n) is 5.60. The molecule has 0 unspecified atom stereocenters. The zero-order valence-corrected chi connectivity index (χ0v) is 10.4. The fraction of sp³-hybridized carbons (Fsp3) is 0.455. The van der Waals surface area contributed by atoms with Crippen LogP contribution in [0.5, 0.6) is 0 Å². The summed E-state index contributed by atoms with van der Waals surface area (Å²) >= 11 is 0. The molecule has 5 nitrogen and oxygen atoms in total. The van der Waals surface area contributed by atoms with Gasteiger partial charge in [-0.15, -0.1) is 0 Å². The number of nitrogens with zero attached hydrogens (tertiary/aromatic N) is 1. The normalized spacial score (nSPS) is 19.4. The van der Waals surface area contributed by atoms with Gasteiger partial charge in [-0.3, -0.25) is 4.79 Å². The van der Waals surface area contributed by atoms with E-state index >= 15 is 0 Å². The van der Waals surface area contributed by atoms with Crippen LogP contribution in [0.4, 0.5) is 4.39 Å². The van der Waals surface area contributed by atoms with Crippen LogP contribution in [0.1, 0.15) is 23.2 Å². The monoisotopic (exact) mass is 272 g/mol. The van der Waals surface area contributed by atoms with Crippen molar-refractivity contribution in [2.45, 2.75) is 18.9 Å². The van der Waals surface area contributed by atoms with Gasteiger partial charge in [0.2, 0.25) is 5.95 Å². The molecule has 0 saturated carbocycles. The van der Waals surface area contributed by atoms with Gasteiger partial charge in [0.05, 0.1) is 17.1 Å². The van der Waals surface area contributed by atoms with Crippen LogP contribution in [0, 0.1) is 5.95 Å². The van der Waals surface area contributed by atoms with Gasteiger partial charge in [-0.05, 0) is 25.0 Å². The number of carbonyl (C=O) groups excluding carboxylic acids is 1. The maximum atomic E-state index is 13.2. The van der Waals surface area contributed by atoms with Crippen LogP contribution < -0.4 is 5.32 Å². The Morgan fingerprint density at radius 2 is 2.06 bits per heavy atom. The van der Waals surface area contributed by atoms with Gasteiger partial charge in [0.1, 0.15) is 9.84 Å². The lowest BCUT2D eigenvalue weighted by atomic mass is 10.1. The van der Waals surface area contributed by atoms with E-state index in [0.717, 1.165) is 0 Å². The largest absolute Gasteiger partial charge is 0.349 e. The Morgan fingerprint density at radius 3 is 2.67 bits per heavy atom. The summed E-state index contributed by atoms with van der Waals surface area (Å²) in [6, 6.07) is 2.60. The summed E-state index contributed by atoms with van der Waals surface area (Å²) in [5.74, 6) is -1.25. The number of halogens is 1. The van der Waals surface area contributed by atoms with Gasteiger partial charge >= 0.3 is 0 Å². The van der Waals surface area contributed by atoms with Crippen LogP contribution in [0.3, 0.4) is 0 Å². The number of hydrogen-bond acceptors (Lipinski definition) is 4. The molecular formula is C11H13FN2O3S. The van der Waals surface area contributed by atoms with E-state index in [2.05, 4.69) is 10.3 Å². The summed E-state index contributed by atoms with van der Waals surface area (Å²) < 4.78 is 35.7. The van der Waals surface area contributed by atoms with Gasteiger partial charge in [-0.1, -0.05) is 0 Å². The first kappa shape index (κ1) is 12.9. The van der Waals surface area contributed by atoms with Crippen molar-refractivity contribution in [2.75, 3.05) is 11.5 Å². The minimum absolute atomic E-state index is 0.0630. The Kier molecular flexibility index (Phi) is 3.60. The van der Waals surface area contributed by atoms with E-state index < -0.39 is 21.7 Å². The van der Waals surface area contributed by atoms with Gasteiger partial charge in [0.25, 0.3) is 5.91 Å². The molecule has 0 aliphatic carbocycles. The molecule has 2 rings (SSSR count). The molecule has 0 aromatic carbocycles. The average molecular weight is 272 g/mol. The predicted octanol–water partition coefficient (Wildman–Crippen LogP) is 0.528. The minimum atomic E-state index is -2.96. The van der Waals surface area contributed by atoms with Crippen molar-refractivity contribution in [2.24, 2.45) is 0 Å². The molecule has 1 aliphatic rings. The molecule has 0 spiro atoms. The Bertz CT molecular complexity index is 545. The van der Waals surface area contributed by atoms with E-state index in [0.29, 0.717) is 12.8 Å². The second kappa shape index (κ2) is 5.01. The van der Waals surface area contributed by atoms with Gasteiger partial charge in [0, 0.05) is 12.2 Å². The van der Waals surface area contributed by atoms with Crippen molar-refractivity contribution >= 4 is 15.7 Å². The number of amides is 1. The number of pyridine rings is 1. The highest BCUT2D eigenvalue weighted by Crippen LogP contribution is 2.13. The smallest absolute Gasteiger partial charge is 0.256 e. The molecule has 1 amide bonds. The van der Waals surface area contributed by atoms with Crippen LogP contribution in [0.15, 0.2) is 18.3 Å². The van der Waals surface area contributed by atoms with E-state index in [-0.39, 0.29) is 23.1 Å². The van der Waals surface area contributed by atoms with Gasteiger partial charge in [-0.25, -0.2) is 13.4 Å². The van der Waals surface area contributed by atoms with Crippen LogP contribution in [-0.2, 0) is 9.84 Å². The number of carbonyl (C=O) groups is 1. The topological polar surface area (TPSA) is 76.1 Å². The van der Waals surface area contributed by atoms with Crippen LogP contribution in [0.2, 0.25) is 0 Å². The lowest BCUT2D eigenvalue weighted by Crippen LogP contribution is -2.41. The molecule has 2 heterocycles. The van der Waals surface area contributed by atoms with Gasteiger partial charge in [-0.2, -0.15) is 4.39 Å². The van der Waals surface area contributed by atoms with E-state index in [4.69, 9.17) is 0 Å². The molecule has 1 N–H and O–H groups in total. The van der Waals surface area contributed by atoms with E-state index in [1.54, 1.807) is 0 Å². The summed E-state index contributed by atoms with van der Waals surface area (Å²) in [5.41, 5.74) is -0.120. The van der Waals surface area contributed by atoms with Crippen LogP contribution in [-0.4, -0.2) is 36.9 Å². The summed E-state index contributed by atoms with van der Waals surface area (Å²) in [4.78, 5) is 15.1. The molecule has 0 radical (unpaired) electrons. The maximum absolute atomic E-state index is 13.2. The molecule has 1 saturated heterocycles. The third-order valence-corrected chi connectivity index (χ3v) is 4.61. The highest BCUT2D eigenvalue weighted by atomic mass is 32.2. The molecule has 7 heteroatoms. The third kappa shape index (κ3) is 3.04. The summed E-state index contributed by atoms with van der Waals surface area (Å²) in [6.45, 7) is 0. The van der Waals surface area contributed by atoms with Gasteiger partial charge in [0.15, 0.2) is 0 Å². The van der Waals surface area contributed by atoms with Gasteiger partial charge < -0.3 is 5.32 Å². The Morgan fingerprint density at radius 1 is 1.39 bits per heavy atom. The number of rotatable bonds is 2. The third-order valence-electron chi connectivity index (χ3n) is 2.89. The SMILES string of the molecule is O=C(NC1CCS(=O)(=O)CC1)c1cccnc1F. The highest BCUT2D eigenvalue weighted by molar-refractivity contribution is 7.91.